The molecule has 0 radical (unpaired) electrons. The maximum absolute atomic E-state index is 10.5. The van der Waals surface area contributed by atoms with Gasteiger partial charge in [-0.05, 0) is 30.3 Å². The van der Waals surface area contributed by atoms with Crippen molar-refractivity contribution in [1.82, 2.24) is 4.90 Å². The van der Waals surface area contributed by atoms with E-state index in [2.05, 4.69) is 4.90 Å². The standard InChI is InChI=1S/C10H17NO2S/c12-10(13)5-8-6-11(7-8)9-1-3-14-4-2-9/h8-9H,1-7H2,(H,12,13). The van der Waals surface area contributed by atoms with Crippen LogP contribution in [0.25, 0.3) is 0 Å². The number of carbonyl (C=O) groups is 1. The Balaban J connectivity index is 1.68. The first-order valence-corrected chi connectivity index (χ1v) is 6.45. The lowest BCUT2D eigenvalue weighted by Crippen LogP contribution is -2.53. The van der Waals surface area contributed by atoms with Gasteiger partial charge in [-0.25, -0.2) is 0 Å². The Morgan fingerprint density at radius 3 is 2.57 bits per heavy atom. The molecule has 0 spiro atoms. The van der Waals surface area contributed by atoms with Gasteiger partial charge in [0.05, 0.1) is 6.42 Å². The van der Waals surface area contributed by atoms with E-state index in [0.29, 0.717) is 12.3 Å². The first kappa shape index (κ1) is 10.3. The first-order valence-electron chi connectivity index (χ1n) is 5.29. The van der Waals surface area contributed by atoms with Crippen LogP contribution in [-0.4, -0.2) is 46.6 Å². The smallest absolute Gasteiger partial charge is 0.303 e. The third kappa shape index (κ3) is 2.42. The summed E-state index contributed by atoms with van der Waals surface area (Å²) in [7, 11) is 0. The fourth-order valence-corrected chi connectivity index (χ4v) is 3.42. The Morgan fingerprint density at radius 2 is 2.00 bits per heavy atom. The number of carboxylic acids is 1. The Bertz CT molecular complexity index is 210. The van der Waals surface area contributed by atoms with Crippen LogP contribution in [0.3, 0.4) is 0 Å². The summed E-state index contributed by atoms with van der Waals surface area (Å²) in [5, 5.41) is 8.62. The summed E-state index contributed by atoms with van der Waals surface area (Å²) in [6, 6.07) is 0.751. The van der Waals surface area contributed by atoms with Crippen LogP contribution in [0.1, 0.15) is 19.3 Å². The number of thioether (sulfide) groups is 1. The Labute approximate surface area is 88.9 Å². The van der Waals surface area contributed by atoms with Crippen molar-refractivity contribution in [3.8, 4) is 0 Å². The monoisotopic (exact) mass is 215 g/mol. The SMILES string of the molecule is O=C(O)CC1CN(C2CCSCC2)C1. The van der Waals surface area contributed by atoms with Crippen molar-refractivity contribution in [3.05, 3.63) is 0 Å². The molecule has 0 aromatic carbocycles. The maximum Gasteiger partial charge on any atom is 0.303 e. The second kappa shape index (κ2) is 4.53. The van der Waals surface area contributed by atoms with Crippen molar-refractivity contribution < 1.29 is 9.90 Å². The molecule has 4 heteroatoms. The summed E-state index contributed by atoms with van der Waals surface area (Å²) < 4.78 is 0. The second-order valence-corrected chi connectivity index (χ2v) is 5.49. The number of carboxylic acid groups (broad SMARTS) is 1. The van der Waals surface area contributed by atoms with Gasteiger partial charge in [-0.1, -0.05) is 0 Å². The Kier molecular flexibility index (Phi) is 3.34. The van der Waals surface area contributed by atoms with Crippen LogP contribution in [0.4, 0.5) is 0 Å². The van der Waals surface area contributed by atoms with E-state index in [-0.39, 0.29) is 0 Å². The molecule has 3 nitrogen and oxygen atoms in total. The van der Waals surface area contributed by atoms with Gasteiger partial charge in [0.25, 0.3) is 0 Å². The number of hydrogen-bond donors (Lipinski definition) is 1. The lowest BCUT2D eigenvalue weighted by atomic mass is 9.93. The van der Waals surface area contributed by atoms with Gasteiger partial charge in [0.2, 0.25) is 0 Å². The predicted octanol–water partition coefficient (Wildman–Crippen LogP) is 1.29. The molecule has 2 aliphatic rings. The van der Waals surface area contributed by atoms with Gasteiger partial charge in [-0.3, -0.25) is 9.69 Å². The zero-order valence-corrected chi connectivity index (χ0v) is 9.13. The highest BCUT2D eigenvalue weighted by Crippen LogP contribution is 2.28. The number of hydrogen-bond acceptors (Lipinski definition) is 3. The van der Waals surface area contributed by atoms with Gasteiger partial charge in [-0.2, -0.15) is 11.8 Å². The molecule has 2 heterocycles. The topological polar surface area (TPSA) is 40.5 Å². The fourth-order valence-electron chi connectivity index (χ4n) is 2.33. The molecule has 80 valence electrons. The summed E-state index contributed by atoms with van der Waals surface area (Å²) in [5.41, 5.74) is 0. The lowest BCUT2D eigenvalue weighted by molar-refractivity contribution is -0.139. The van der Waals surface area contributed by atoms with Crippen LogP contribution in [0.5, 0.6) is 0 Å². The van der Waals surface area contributed by atoms with E-state index < -0.39 is 5.97 Å². The van der Waals surface area contributed by atoms with Crippen LogP contribution < -0.4 is 0 Å². The average Bonchev–Trinajstić information content (AvgIpc) is 2.12. The van der Waals surface area contributed by atoms with Crippen molar-refractivity contribution in [2.24, 2.45) is 5.92 Å². The molecule has 0 amide bonds. The Hall–Kier alpha value is -0.220. The molecule has 0 saturated carbocycles. The third-order valence-corrected chi connectivity index (χ3v) is 4.20. The molecular weight excluding hydrogens is 198 g/mol. The number of likely N-dealkylation sites (tertiary alicyclic amines) is 1. The van der Waals surface area contributed by atoms with E-state index in [9.17, 15) is 4.79 Å². The molecule has 0 aromatic heterocycles. The number of nitrogens with zero attached hydrogens (tertiary/aromatic N) is 1. The van der Waals surface area contributed by atoms with Crippen molar-refractivity contribution in [3.63, 3.8) is 0 Å². The van der Waals surface area contributed by atoms with Gasteiger partial charge in [0.1, 0.15) is 0 Å². The highest BCUT2D eigenvalue weighted by atomic mass is 32.2. The highest BCUT2D eigenvalue weighted by molar-refractivity contribution is 7.99. The molecule has 2 fully saturated rings. The quantitative estimate of drug-likeness (QED) is 0.770. The second-order valence-electron chi connectivity index (χ2n) is 4.26. The number of rotatable bonds is 3. The lowest BCUT2D eigenvalue weighted by Gasteiger charge is -2.45. The van der Waals surface area contributed by atoms with Gasteiger partial charge in [0.15, 0.2) is 0 Å². The molecule has 0 atom stereocenters. The summed E-state index contributed by atoms with van der Waals surface area (Å²) in [6.07, 6.45) is 2.95. The van der Waals surface area contributed by atoms with Gasteiger partial charge >= 0.3 is 5.97 Å². The zero-order chi connectivity index (χ0) is 9.97. The molecule has 0 aliphatic carbocycles. The van der Waals surface area contributed by atoms with Crippen LogP contribution in [0, 0.1) is 5.92 Å². The molecule has 2 saturated heterocycles. The van der Waals surface area contributed by atoms with Gasteiger partial charge < -0.3 is 5.11 Å². The van der Waals surface area contributed by atoms with Crippen LogP contribution >= 0.6 is 11.8 Å². The summed E-state index contributed by atoms with van der Waals surface area (Å²) in [5.74, 6) is 2.34. The largest absolute Gasteiger partial charge is 0.481 e. The van der Waals surface area contributed by atoms with E-state index in [1.165, 1.54) is 24.3 Å². The fraction of sp³-hybridized carbons (Fsp3) is 0.900. The minimum absolute atomic E-state index is 0.359. The molecule has 14 heavy (non-hydrogen) atoms. The zero-order valence-electron chi connectivity index (χ0n) is 8.32. The van der Waals surface area contributed by atoms with Crippen LogP contribution in [0.2, 0.25) is 0 Å². The minimum Gasteiger partial charge on any atom is -0.481 e. The molecule has 1 N–H and O–H groups in total. The van der Waals surface area contributed by atoms with Crippen molar-refractivity contribution >= 4 is 17.7 Å². The Morgan fingerprint density at radius 1 is 1.36 bits per heavy atom. The molecule has 2 aliphatic heterocycles. The van der Waals surface area contributed by atoms with E-state index in [1.54, 1.807) is 0 Å². The van der Waals surface area contributed by atoms with Crippen molar-refractivity contribution in [2.75, 3.05) is 24.6 Å². The number of aliphatic carboxylic acids is 1. The van der Waals surface area contributed by atoms with Gasteiger partial charge in [-0.15, -0.1) is 0 Å². The van der Waals surface area contributed by atoms with Crippen LogP contribution in [0.15, 0.2) is 0 Å². The summed E-state index contributed by atoms with van der Waals surface area (Å²) in [6.45, 7) is 2.03. The molecule has 0 aromatic rings. The maximum atomic E-state index is 10.5. The summed E-state index contributed by atoms with van der Waals surface area (Å²) >= 11 is 2.04. The van der Waals surface area contributed by atoms with E-state index >= 15 is 0 Å². The third-order valence-electron chi connectivity index (χ3n) is 3.16. The summed E-state index contributed by atoms with van der Waals surface area (Å²) in [4.78, 5) is 12.9. The van der Waals surface area contributed by atoms with E-state index in [4.69, 9.17) is 5.11 Å². The van der Waals surface area contributed by atoms with Crippen LogP contribution in [-0.2, 0) is 4.79 Å². The minimum atomic E-state index is -0.645. The van der Waals surface area contributed by atoms with Gasteiger partial charge in [0, 0.05) is 19.1 Å². The van der Waals surface area contributed by atoms with Crippen molar-refractivity contribution in [1.29, 1.82) is 0 Å². The molecule has 2 rings (SSSR count). The highest BCUT2D eigenvalue weighted by Gasteiger charge is 2.33. The van der Waals surface area contributed by atoms with E-state index in [0.717, 1.165) is 19.1 Å². The first-order chi connectivity index (χ1) is 6.75. The average molecular weight is 215 g/mol. The van der Waals surface area contributed by atoms with E-state index in [1.807, 2.05) is 11.8 Å². The predicted molar refractivity (Wildman–Crippen MR) is 57.7 cm³/mol. The molecular formula is C10H17NO2S. The molecule has 0 unspecified atom stereocenters. The normalized spacial score (nSPS) is 26.0. The molecule has 0 bridgehead atoms. The van der Waals surface area contributed by atoms with Crippen molar-refractivity contribution in [2.45, 2.75) is 25.3 Å².